The number of rotatable bonds is 10. The second-order valence-electron chi connectivity index (χ2n) is 5.09. The van der Waals surface area contributed by atoms with Crippen molar-refractivity contribution in [2.45, 2.75) is 84.6 Å². The molecule has 0 bridgehead atoms. The molecule has 92 valence electrons. The molecular weight excluding hydrogens is 182 g/mol. The van der Waals surface area contributed by atoms with Gasteiger partial charge >= 0.3 is 0 Å². The third kappa shape index (κ3) is 10.2. The number of hydrogen-bond acceptors (Lipinski definition) is 1. The summed E-state index contributed by atoms with van der Waals surface area (Å²) in [5, 5.41) is 0. The van der Waals surface area contributed by atoms with Crippen LogP contribution in [-0.2, 0) is 0 Å². The van der Waals surface area contributed by atoms with Crippen molar-refractivity contribution in [2.75, 3.05) is 0 Å². The lowest BCUT2D eigenvalue weighted by Gasteiger charge is -2.16. The molecule has 0 heterocycles. The molecule has 0 aromatic carbocycles. The monoisotopic (exact) mass is 213 g/mol. The number of hydrogen-bond donors (Lipinski definition) is 1. The van der Waals surface area contributed by atoms with E-state index in [0.717, 1.165) is 5.92 Å². The van der Waals surface area contributed by atoms with Gasteiger partial charge in [0.2, 0.25) is 0 Å². The predicted octanol–water partition coefficient (Wildman–Crippen LogP) is 4.50. The molecule has 15 heavy (non-hydrogen) atoms. The van der Waals surface area contributed by atoms with E-state index in [4.69, 9.17) is 5.73 Å². The van der Waals surface area contributed by atoms with Crippen molar-refractivity contribution in [3.63, 3.8) is 0 Å². The molecule has 0 amide bonds. The molecular formula is C14H31N. The molecule has 2 atom stereocenters. The van der Waals surface area contributed by atoms with Gasteiger partial charge in [-0.2, -0.15) is 0 Å². The maximum absolute atomic E-state index is 6.12. The fourth-order valence-corrected chi connectivity index (χ4v) is 2.26. The molecule has 0 fully saturated rings. The zero-order valence-electron chi connectivity index (χ0n) is 11.1. The van der Waals surface area contributed by atoms with Gasteiger partial charge in [-0.25, -0.2) is 0 Å². The first-order valence-corrected chi connectivity index (χ1v) is 6.96. The predicted molar refractivity (Wildman–Crippen MR) is 70.0 cm³/mol. The van der Waals surface area contributed by atoms with Crippen LogP contribution in [0.5, 0.6) is 0 Å². The van der Waals surface area contributed by atoms with Gasteiger partial charge in [0.15, 0.2) is 0 Å². The van der Waals surface area contributed by atoms with Crippen molar-refractivity contribution in [1.29, 1.82) is 0 Å². The van der Waals surface area contributed by atoms with Crippen molar-refractivity contribution in [3.05, 3.63) is 0 Å². The third-order valence-corrected chi connectivity index (χ3v) is 3.17. The first kappa shape index (κ1) is 15.0. The zero-order valence-corrected chi connectivity index (χ0v) is 11.1. The van der Waals surface area contributed by atoms with Crippen LogP contribution in [0, 0.1) is 5.92 Å². The van der Waals surface area contributed by atoms with Gasteiger partial charge in [-0.1, -0.05) is 65.7 Å². The fraction of sp³-hybridized carbons (Fsp3) is 1.00. The molecule has 0 spiro atoms. The van der Waals surface area contributed by atoms with Crippen LogP contribution < -0.4 is 5.73 Å². The topological polar surface area (TPSA) is 26.0 Å². The Morgan fingerprint density at radius 2 is 1.53 bits per heavy atom. The molecule has 0 radical (unpaired) electrons. The molecule has 0 saturated carbocycles. The van der Waals surface area contributed by atoms with Gasteiger partial charge in [0, 0.05) is 6.04 Å². The molecule has 0 aliphatic carbocycles. The largest absolute Gasteiger partial charge is 0.328 e. The third-order valence-electron chi connectivity index (χ3n) is 3.17. The summed E-state index contributed by atoms with van der Waals surface area (Å²) >= 11 is 0. The minimum atomic E-state index is 0.452. The Bertz CT molecular complexity index is 123. The molecule has 0 aromatic rings. The van der Waals surface area contributed by atoms with E-state index in [-0.39, 0.29) is 0 Å². The second kappa shape index (κ2) is 10.5. The minimum Gasteiger partial charge on any atom is -0.328 e. The Morgan fingerprint density at radius 3 is 2.13 bits per heavy atom. The van der Waals surface area contributed by atoms with Crippen molar-refractivity contribution in [2.24, 2.45) is 11.7 Å². The van der Waals surface area contributed by atoms with E-state index in [9.17, 15) is 0 Å². The smallest absolute Gasteiger partial charge is 0.00413 e. The summed E-state index contributed by atoms with van der Waals surface area (Å²) in [6, 6.07) is 0.452. The Morgan fingerprint density at radius 1 is 0.867 bits per heavy atom. The number of nitrogens with two attached hydrogens (primary N) is 1. The molecule has 0 aliphatic heterocycles. The second-order valence-corrected chi connectivity index (χ2v) is 5.09. The van der Waals surface area contributed by atoms with Crippen LogP contribution in [0.3, 0.4) is 0 Å². The fourth-order valence-electron chi connectivity index (χ4n) is 2.26. The zero-order chi connectivity index (χ0) is 11.5. The average molecular weight is 213 g/mol. The van der Waals surface area contributed by atoms with Crippen molar-refractivity contribution in [3.8, 4) is 0 Å². The van der Waals surface area contributed by atoms with Crippen LogP contribution >= 0.6 is 0 Å². The van der Waals surface area contributed by atoms with Crippen LogP contribution in [-0.4, -0.2) is 6.04 Å². The first-order chi connectivity index (χ1) is 7.20. The Labute approximate surface area is 96.8 Å². The van der Waals surface area contributed by atoms with Crippen molar-refractivity contribution < 1.29 is 0 Å². The molecule has 0 saturated heterocycles. The lowest BCUT2D eigenvalue weighted by Crippen LogP contribution is -2.22. The molecule has 0 rings (SSSR count). The highest BCUT2D eigenvalue weighted by Gasteiger charge is 2.07. The summed E-state index contributed by atoms with van der Waals surface area (Å²) in [7, 11) is 0. The molecule has 0 aliphatic rings. The Kier molecular flexibility index (Phi) is 10.4. The summed E-state index contributed by atoms with van der Waals surface area (Å²) in [5.41, 5.74) is 6.12. The van der Waals surface area contributed by atoms with Crippen LogP contribution in [0.1, 0.15) is 78.6 Å². The molecule has 1 heteroatoms. The summed E-state index contributed by atoms with van der Waals surface area (Å²) in [6.45, 7) is 6.85. The van der Waals surface area contributed by atoms with E-state index in [2.05, 4.69) is 20.8 Å². The molecule has 1 nitrogen and oxygen atoms in total. The lowest BCUT2D eigenvalue weighted by atomic mass is 9.94. The molecule has 2 N–H and O–H groups in total. The quantitative estimate of drug-likeness (QED) is 0.531. The summed E-state index contributed by atoms with van der Waals surface area (Å²) in [6.07, 6.45) is 11.9. The average Bonchev–Trinajstić information content (AvgIpc) is 2.17. The Hall–Kier alpha value is -0.0400. The molecule has 2 unspecified atom stereocenters. The highest BCUT2D eigenvalue weighted by Crippen LogP contribution is 2.15. The van der Waals surface area contributed by atoms with Gasteiger partial charge in [0.05, 0.1) is 0 Å². The lowest BCUT2D eigenvalue weighted by molar-refractivity contribution is 0.409. The normalized spacial score (nSPS) is 15.2. The van der Waals surface area contributed by atoms with Crippen LogP contribution in [0.25, 0.3) is 0 Å². The van der Waals surface area contributed by atoms with E-state index in [1.54, 1.807) is 0 Å². The standard InChI is InChI=1S/C14H31N/c1-4-6-7-8-9-11-14(15)12-13(3)10-5-2/h13-14H,4-12,15H2,1-3H3. The van der Waals surface area contributed by atoms with Crippen LogP contribution in [0.15, 0.2) is 0 Å². The summed E-state index contributed by atoms with van der Waals surface area (Å²) < 4.78 is 0. The van der Waals surface area contributed by atoms with E-state index in [1.165, 1.54) is 57.8 Å². The summed E-state index contributed by atoms with van der Waals surface area (Å²) in [4.78, 5) is 0. The maximum Gasteiger partial charge on any atom is 0.00413 e. The van der Waals surface area contributed by atoms with Gasteiger partial charge in [0.25, 0.3) is 0 Å². The van der Waals surface area contributed by atoms with Crippen molar-refractivity contribution >= 4 is 0 Å². The SMILES string of the molecule is CCCCCCCC(N)CC(C)CCC. The van der Waals surface area contributed by atoms with Crippen LogP contribution in [0.4, 0.5) is 0 Å². The van der Waals surface area contributed by atoms with E-state index in [0.29, 0.717) is 6.04 Å². The highest BCUT2D eigenvalue weighted by molar-refractivity contribution is 4.65. The van der Waals surface area contributed by atoms with Crippen molar-refractivity contribution in [1.82, 2.24) is 0 Å². The van der Waals surface area contributed by atoms with Gasteiger partial charge in [-0.05, 0) is 18.8 Å². The molecule has 0 aromatic heterocycles. The van der Waals surface area contributed by atoms with Gasteiger partial charge in [-0.15, -0.1) is 0 Å². The first-order valence-electron chi connectivity index (χ1n) is 6.96. The van der Waals surface area contributed by atoms with Gasteiger partial charge in [-0.3, -0.25) is 0 Å². The van der Waals surface area contributed by atoms with E-state index in [1.807, 2.05) is 0 Å². The minimum absolute atomic E-state index is 0.452. The maximum atomic E-state index is 6.12. The van der Waals surface area contributed by atoms with Crippen LogP contribution in [0.2, 0.25) is 0 Å². The number of unbranched alkanes of at least 4 members (excludes halogenated alkanes) is 4. The van der Waals surface area contributed by atoms with E-state index < -0.39 is 0 Å². The summed E-state index contributed by atoms with van der Waals surface area (Å²) in [5.74, 6) is 0.820. The van der Waals surface area contributed by atoms with Gasteiger partial charge in [0.1, 0.15) is 0 Å². The van der Waals surface area contributed by atoms with Gasteiger partial charge < -0.3 is 5.73 Å². The van der Waals surface area contributed by atoms with E-state index >= 15 is 0 Å². The Balaban J connectivity index is 3.28. The highest BCUT2D eigenvalue weighted by atomic mass is 14.6.